The summed E-state index contributed by atoms with van der Waals surface area (Å²) < 4.78 is 11.1. The predicted octanol–water partition coefficient (Wildman–Crippen LogP) is 13.9. The van der Waals surface area contributed by atoms with E-state index < -0.39 is 74.2 Å². The van der Waals surface area contributed by atoms with Crippen LogP contribution in [0.2, 0.25) is 0 Å². The molecule has 1 amide bonds. The molecular formula is C63H119NO10. The van der Waals surface area contributed by atoms with Crippen LogP contribution in [0.3, 0.4) is 0 Å². The van der Waals surface area contributed by atoms with Gasteiger partial charge in [-0.1, -0.05) is 249 Å². The van der Waals surface area contributed by atoms with Gasteiger partial charge in [0.05, 0.1) is 25.4 Å². The van der Waals surface area contributed by atoms with E-state index in [1.54, 1.807) is 0 Å². The van der Waals surface area contributed by atoms with Crippen LogP contribution < -0.4 is 5.32 Å². The maximum atomic E-state index is 13.2. The van der Waals surface area contributed by atoms with Crippen molar-refractivity contribution in [2.75, 3.05) is 13.2 Å². The van der Waals surface area contributed by atoms with Crippen LogP contribution in [0.15, 0.2) is 36.5 Å². The summed E-state index contributed by atoms with van der Waals surface area (Å²) in [4.78, 5) is 13.2. The monoisotopic (exact) mass is 1050 g/mol. The smallest absolute Gasteiger partial charge is 0.249 e. The molecule has 0 aliphatic carbocycles. The maximum absolute atomic E-state index is 13.2. The Morgan fingerprint density at radius 3 is 1.20 bits per heavy atom. The van der Waals surface area contributed by atoms with Crippen LogP contribution >= 0.6 is 0 Å². The molecule has 0 bridgehead atoms. The average Bonchev–Trinajstić information content (AvgIpc) is 3.40. The van der Waals surface area contributed by atoms with E-state index in [0.29, 0.717) is 19.3 Å². The first-order valence-electron chi connectivity index (χ1n) is 31.4. The number of carbonyl (C=O) groups excluding carboxylic acids is 1. The summed E-state index contributed by atoms with van der Waals surface area (Å²) in [6.45, 7) is 3.47. The quantitative estimate of drug-likeness (QED) is 0.0215. The van der Waals surface area contributed by atoms with Gasteiger partial charge in [0.1, 0.15) is 36.6 Å². The molecule has 0 aromatic heterocycles. The zero-order valence-electron chi connectivity index (χ0n) is 47.8. The summed E-state index contributed by atoms with van der Waals surface area (Å²) in [5.74, 6) is -0.708. The largest absolute Gasteiger partial charge is 0.394 e. The van der Waals surface area contributed by atoms with Crippen LogP contribution in [-0.4, -0.2) is 110 Å². The number of amides is 1. The molecule has 9 unspecified atom stereocenters. The molecule has 1 rings (SSSR count). The number of rotatable bonds is 54. The van der Waals surface area contributed by atoms with Crippen molar-refractivity contribution in [3.8, 4) is 0 Å². The first-order valence-corrected chi connectivity index (χ1v) is 31.4. The Bertz CT molecular complexity index is 1300. The molecule has 1 aliphatic heterocycles. The van der Waals surface area contributed by atoms with Gasteiger partial charge in [0.2, 0.25) is 5.91 Å². The molecule has 74 heavy (non-hydrogen) atoms. The Labute approximate surface area is 454 Å². The zero-order chi connectivity index (χ0) is 54.0. The molecule has 0 aromatic carbocycles. The SMILES string of the molecule is CCCCCCCCCCCCC/C=C/CC/C=C/CCCC(O)C(O)C(COC1OC(CO)C(O)C(O)C1O)NC(=O)C(O)CCCCCCCCCCCCC/C=C\CCCCCCCCCCCCCC. The first kappa shape index (κ1) is 70.3. The van der Waals surface area contributed by atoms with Gasteiger partial charge in [-0.2, -0.15) is 0 Å². The normalized spacial score (nSPS) is 20.0. The Morgan fingerprint density at radius 2 is 0.811 bits per heavy atom. The van der Waals surface area contributed by atoms with E-state index in [-0.39, 0.29) is 12.8 Å². The predicted molar refractivity (Wildman–Crippen MR) is 307 cm³/mol. The number of unbranched alkanes of at least 4 members (excludes halogenated alkanes) is 36. The Balaban J connectivity index is 2.28. The van der Waals surface area contributed by atoms with E-state index in [0.717, 1.165) is 38.5 Å². The molecule has 11 nitrogen and oxygen atoms in total. The van der Waals surface area contributed by atoms with Gasteiger partial charge in [-0.3, -0.25) is 4.79 Å². The third-order valence-corrected chi connectivity index (χ3v) is 15.1. The van der Waals surface area contributed by atoms with Gasteiger partial charge in [-0.05, 0) is 77.0 Å². The highest BCUT2D eigenvalue weighted by atomic mass is 16.7. The minimum absolute atomic E-state index is 0.247. The van der Waals surface area contributed by atoms with Crippen LogP contribution in [0.5, 0.6) is 0 Å². The number of aliphatic hydroxyl groups excluding tert-OH is 7. The third-order valence-electron chi connectivity index (χ3n) is 15.1. The lowest BCUT2D eigenvalue weighted by Crippen LogP contribution is -2.60. The second-order valence-corrected chi connectivity index (χ2v) is 22.1. The molecule has 1 saturated heterocycles. The molecule has 1 heterocycles. The second kappa shape index (κ2) is 52.1. The number of ether oxygens (including phenoxy) is 2. The van der Waals surface area contributed by atoms with Crippen molar-refractivity contribution in [2.24, 2.45) is 0 Å². The van der Waals surface area contributed by atoms with Crippen molar-refractivity contribution in [1.82, 2.24) is 5.32 Å². The van der Waals surface area contributed by atoms with Gasteiger partial charge in [0.15, 0.2) is 6.29 Å². The molecule has 0 radical (unpaired) electrons. The second-order valence-electron chi connectivity index (χ2n) is 22.1. The van der Waals surface area contributed by atoms with E-state index in [1.165, 1.54) is 205 Å². The number of carbonyl (C=O) groups is 1. The standard InChI is InChI=1S/C63H119NO10/c1-3-5-7-9-11-13-15-17-19-21-23-25-26-27-28-29-30-31-33-35-37-39-41-43-45-47-49-51-56(67)62(72)64-54(53-73-63-61(71)60(70)59(69)57(52-65)74-63)58(68)55(66)50-48-46-44-42-40-38-36-34-32-24-22-20-18-16-14-12-10-8-6-4-2/h27-28,34,36,42,44,54-61,63,65-71H,3-26,29-33,35,37-41,43,45-53H2,1-2H3,(H,64,72)/b28-27-,36-34+,44-42+. The van der Waals surface area contributed by atoms with Crippen molar-refractivity contribution < 1.29 is 50.0 Å². The summed E-state index contributed by atoms with van der Waals surface area (Å²) in [6.07, 6.45) is 53.5. The molecule has 1 aliphatic rings. The summed E-state index contributed by atoms with van der Waals surface area (Å²) in [7, 11) is 0. The average molecular weight is 1050 g/mol. The molecular weight excluding hydrogens is 931 g/mol. The van der Waals surface area contributed by atoms with E-state index in [9.17, 15) is 40.5 Å². The molecule has 9 atom stereocenters. The zero-order valence-corrected chi connectivity index (χ0v) is 47.8. The summed E-state index contributed by atoms with van der Waals surface area (Å²) in [6, 6.07) is -1.19. The van der Waals surface area contributed by atoms with Crippen molar-refractivity contribution in [1.29, 1.82) is 0 Å². The van der Waals surface area contributed by atoms with E-state index in [4.69, 9.17) is 9.47 Å². The Morgan fingerprint density at radius 1 is 0.459 bits per heavy atom. The number of hydrogen-bond donors (Lipinski definition) is 8. The summed E-state index contributed by atoms with van der Waals surface area (Å²) in [5, 5.41) is 76.2. The minimum atomic E-state index is -1.67. The molecule has 0 saturated carbocycles. The minimum Gasteiger partial charge on any atom is -0.394 e. The Kier molecular flexibility index (Phi) is 49.5. The topological polar surface area (TPSA) is 189 Å². The van der Waals surface area contributed by atoms with Crippen LogP contribution in [0.4, 0.5) is 0 Å². The fraction of sp³-hybridized carbons (Fsp3) is 0.889. The van der Waals surface area contributed by atoms with Crippen LogP contribution in [-0.2, 0) is 14.3 Å². The Hall–Kier alpha value is -1.67. The highest BCUT2D eigenvalue weighted by Gasteiger charge is 2.44. The molecule has 0 aromatic rings. The van der Waals surface area contributed by atoms with Gasteiger partial charge in [0, 0.05) is 0 Å². The third kappa shape index (κ3) is 39.7. The van der Waals surface area contributed by atoms with E-state index in [2.05, 4.69) is 55.6 Å². The molecule has 8 N–H and O–H groups in total. The van der Waals surface area contributed by atoms with Crippen molar-refractivity contribution in [2.45, 2.75) is 345 Å². The maximum Gasteiger partial charge on any atom is 0.249 e. The molecule has 0 spiro atoms. The van der Waals surface area contributed by atoms with Gasteiger partial charge in [-0.15, -0.1) is 0 Å². The van der Waals surface area contributed by atoms with Gasteiger partial charge in [0.25, 0.3) is 0 Å². The highest BCUT2D eigenvalue weighted by molar-refractivity contribution is 5.80. The van der Waals surface area contributed by atoms with Gasteiger partial charge in [-0.25, -0.2) is 0 Å². The number of nitrogens with one attached hydrogen (secondary N) is 1. The lowest BCUT2D eigenvalue weighted by Gasteiger charge is -2.40. The highest BCUT2D eigenvalue weighted by Crippen LogP contribution is 2.23. The fourth-order valence-electron chi connectivity index (χ4n) is 10.0. The first-order chi connectivity index (χ1) is 36.2. The summed E-state index contributed by atoms with van der Waals surface area (Å²) >= 11 is 0. The van der Waals surface area contributed by atoms with Gasteiger partial charge >= 0.3 is 0 Å². The van der Waals surface area contributed by atoms with Gasteiger partial charge < -0.3 is 50.5 Å². The number of hydrogen-bond acceptors (Lipinski definition) is 10. The molecule has 1 fully saturated rings. The van der Waals surface area contributed by atoms with Crippen molar-refractivity contribution >= 4 is 5.91 Å². The van der Waals surface area contributed by atoms with Crippen LogP contribution in [0, 0.1) is 0 Å². The molecule has 436 valence electrons. The van der Waals surface area contributed by atoms with Crippen LogP contribution in [0.1, 0.15) is 290 Å². The van der Waals surface area contributed by atoms with E-state index >= 15 is 0 Å². The number of aliphatic hydroxyl groups is 7. The van der Waals surface area contributed by atoms with E-state index in [1.807, 2.05) is 0 Å². The lowest BCUT2D eigenvalue weighted by molar-refractivity contribution is -0.303. The number of allylic oxidation sites excluding steroid dienone is 6. The fourth-order valence-corrected chi connectivity index (χ4v) is 10.0. The van der Waals surface area contributed by atoms with Crippen molar-refractivity contribution in [3.05, 3.63) is 36.5 Å². The lowest BCUT2D eigenvalue weighted by atomic mass is 9.98. The summed E-state index contributed by atoms with van der Waals surface area (Å²) in [5.41, 5.74) is 0. The van der Waals surface area contributed by atoms with Crippen LogP contribution in [0.25, 0.3) is 0 Å². The molecule has 11 heteroatoms. The van der Waals surface area contributed by atoms with Crippen molar-refractivity contribution in [3.63, 3.8) is 0 Å².